The van der Waals surface area contributed by atoms with E-state index in [9.17, 15) is 13.7 Å². The molecular weight excluding hydrogens is 307 g/mol. The quantitative estimate of drug-likeness (QED) is 0.161. The maximum atomic E-state index is 10.4. The molecule has 0 spiro atoms. The van der Waals surface area contributed by atoms with Crippen LogP contribution in [0.2, 0.25) is 0 Å². The van der Waals surface area contributed by atoms with Gasteiger partial charge in [0.15, 0.2) is 5.96 Å². The van der Waals surface area contributed by atoms with Gasteiger partial charge in [0, 0.05) is 0 Å². The summed E-state index contributed by atoms with van der Waals surface area (Å²) in [6.45, 7) is 0. The molecule has 104 valence electrons. The van der Waals surface area contributed by atoms with Crippen LogP contribution in [0.15, 0.2) is 0 Å². The highest BCUT2D eigenvalue weighted by Gasteiger charge is 2.38. The highest BCUT2D eigenvalue weighted by molar-refractivity contribution is 7.66. The van der Waals surface area contributed by atoms with Crippen molar-refractivity contribution >= 4 is 29.4 Å². The minimum Gasteiger partial charge on any atom is -0.370 e. The zero-order valence-electron chi connectivity index (χ0n) is 7.77. The maximum Gasteiger partial charge on any atom is 0.490 e. The molecule has 0 aromatic carbocycles. The Morgan fingerprint density at radius 2 is 1.06 bits per heavy atom. The number of nitrogens with one attached hydrogen (secondary N) is 1. The molecule has 0 saturated carbocycles. The summed E-state index contributed by atoms with van der Waals surface area (Å²) in [7, 11) is -16.2. The van der Waals surface area contributed by atoms with E-state index in [2.05, 4.69) is 20.1 Å². The van der Waals surface area contributed by atoms with E-state index in [4.69, 9.17) is 29.9 Å². The Bertz CT molecular complexity index is 360. The van der Waals surface area contributed by atoms with Crippen LogP contribution >= 0.6 is 23.5 Å². The molecule has 0 atom stereocenters. The molecule has 0 aliphatic rings. The van der Waals surface area contributed by atoms with Gasteiger partial charge in [0.1, 0.15) is 0 Å². The summed E-state index contributed by atoms with van der Waals surface area (Å²) in [6.07, 6.45) is 0. The number of guanidine groups is 1. The second-order valence-electron chi connectivity index (χ2n) is 2.07. The van der Waals surface area contributed by atoms with Crippen molar-refractivity contribution in [2.24, 2.45) is 11.5 Å². The Balaban J connectivity index is 0. The summed E-state index contributed by atoms with van der Waals surface area (Å²) in [5.74, 6) is -0.333. The first-order chi connectivity index (χ1) is 7.15. The molecule has 13 nitrogen and oxygen atoms in total. The van der Waals surface area contributed by atoms with Gasteiger partial charge in [0.25, 0.3) is 0 Å². The lowest BCUT2D eigenvalue weighted by Gasteiger charge is -2.11. The summed E-state index contributed by atoms with van der Waals surface area (Å²) in [5, 5.41) is 6.06. The molecule has 0 aromatic rings. The molecule has 17 heavy (non-hydrogen) atoms. The second-order valence-corrected chi connectivity index (χ2v) is 6.27. The van der Waals surface area contributed by atoms with E-state index in [1.807, 2.05) is 0 Å². The van der Waals surface area contributed by atoms with E-state index < -0.39 is 23.5 Å². The van der Waals surface area contributed by atoms with Crippen molar-refractivity contribution in [1.82, 2.24) is 0 Å². The van der Waals surface area contributed by atoms with Gasteiger partial charge in [-0.2, -0.15) is 8.62 Å². The highest BCUT2D eigenvalue weighted by Crippen LogP contribution is 2.64. The summed E-state index contributed by atoms with van der Waals surface area (Å²) in [4.78, 5) is 40.2. The first kappa shape index (κ1) is 19.0. The SMILES string of the molecule is N=C(N)N.O=P(O)(O)OP(=O)(O)OP(=O)(O)O. The molecule has 0 fully saturated rings. The van der Waals surface area contributed by atoms with Gasteiger partial charge in [0.2, 0.25) is 0 Å². The number of nitrogens with two attached hydrogens (primary N) is 2. The average Bonchev–Trinajstić information content (AvgIpc) is 1.68. The molecule has 0 heterocycles. The van der Waals surface area contributed by atoms with E-state index in [-0.39, 0.29) is 5.96 Å². The third kappa shape index (κ3) is 21.5. The maximum absolute atomic E-state index is 10.4. The number of rotatable bonds is 4. The van der Waals surface area contributed by atoms with Gasteiger partial charge in [-0.05, 0) is 0 Å². The zero-order chi connectivity index (χ0) is 14.5. The molecular formula is CH10N3O10P3. The first-order valence-corrected chi connectivity index (χ1v) is 7.66. The van der Waals surface area contributed by atoms with Crippen molar-refractivity contribution in [3.8, 4) is 0 Å². The van der Waals surface area contributed by atoms with Crippen LogP contribution in [-0.2, 0) is 22.3 Å². The molecule has 0 aliphatic carbocycles. The van der Waals surface area contributed by atoms with Crippen LogP contribution in [0, 0.1) is 5.41 Å². The van der Waals surface area contributed by atoms with Gasteiger partial charge in [-0.1, -0.05) is 0 Å². The van der Waals surface area contributed by atoms with Gasteiger partial charge in [-0.3, -0.25) is 5.41 Å². The predicted octanol–water partition coefficient (Wildman–Crippen LogP) is -1.86. The summed E-state index contributed by atoms with van der Waals surface area (Å²) >= 11 is 0. The van der Waals surface area contributed by atoms with E-state index >= 15 is 0 Å². The van der Waals surface area contributed by atoms with Gasteiger partial charge in [-0.25, -0.2) is 13.7 Å². The minimum absolute atomic E-state index is 0.333. The van der Waals surface area contributed by atoms with E-state index in [0.29, 0.717) is 0 Å². The zero-order valence-corrected chi connectivity index (χ0v) is 10.5. The molecule has 0 amide bonds. The van der Waals surface area contributed by atoms with Crippen LogP contribution in [0.3, 0.4) is 0 Å². The second kappa shape index (κ2) is 6.57. The van der Waals surface area contributed by atoms with Crippen molar-refractivity contribution in [1.29, 1.82) is 5.41 Å². The minimum atomic E-state index is -5.46. The van der Waals surface area contributed by atoms with Crippen LogP contribution in [0.1, 0.15) is 0 Å². The van der Waals surface area contributed by atoms with Crippen LogP contribution in [-0.4, -0.2) is 30.4 Å². The third-order valence-electron chi connectivity index (χ3n) is 0.419. The Morgan fingerprint density at radius 1 is 0.882 bits per heavy atom. The van der Waals surface area contributed by atoms with Crippen LogP contribution in [0.4, 0.5) is 0 Å². The van der Waals surface area contributed by atoms with Crippen molar-refractivity contribution in [2.45, 2.75) is 0 Å². The van der Waals surface area contributed by atoms with Gasteiger partial charge in [-0.15, -0.1) is 0 Å². The smallest absolute Gasteiger partial charge is 0.370 e. The number of phosphoric acid groups is 3. The fourth-order valence-electron chi connectivity index (χ4n) is 0.284. The van der Waals surface area contributed by atoms with Gasteiger partial charge >= 0.3 is 23.5 Å². The van der Waals surface area contributed by atoms with Crippen molar-refractivity contribution < 1.29 is 46.8 Å². The average molecular weight is 317 g/mol. The third-order valence-corrected chi connectivity index (χ3v) is 3.77. The van der Waals surface area contributed by atoms with Crippen molar-refractivity contribution in [3.63, 3.8) is 0 Å². The van der Waals surface area contributed by atoms with Gasteiger partial charge in [0.05, 0.1) is 0 Å². The van der Waals surface area contributed by atoms with Crippen molar-refractivity contribution in [2.75, 3.05) is 0 Å². The molecule has 0 radical (unpaired) electrons. The Kier molecular flexibility index (Phi) is 7.35. The largest absolute Gasteiger partial charge is 0.490 e. The molecule has 0 bridgehead atoms. The summed E-state index contributed by atoms with van der Waals surface area (Å²) in [6, 6.07) is 0. The van der Waals surface area contributed by atoms with Crippen LogP contribution in [0.25, 0.3) is 0 Å². The number of hydrogen-bond acceptors (Lipinski definition) is 6. The van der Waals surface area contributed by atoms with Gasteiger partial charge < -0.3 is 35.9 Å². The lowest BCUT2D eigenvalue weighted by atomic mass is 11.1. The Morgan fingerprint density at radius 3 is 1.18 bits per heavy atom. The monoisotopic (exact) mass is 317 g/mol. The lowest BCUT2D eigenvalue weighted by molar-refractivity contribution is 0.204. The highest BCUT2D eigenvalue weighted by atomic mass is 31.3. The topological polar surface area (TPSA) is 247 Å². The lowest BCUT2D eigenvalue weighted by Crippen LogP contribution is -2.20. The van der Waals surface area contributed by atoms with Crippen molar-refractivity contribution in [3.05, 3.63) is 0 Å². The van der Waals surface area contributed by atoms with Crippen LogP contribution < -0.4 is 11.5 Å². The first-order valence-electron chi connectivity index (χ1n) is 3.11. The molecule has 0 saturated heterocycles. The fraction of sp³-hybridized carbons (Fsp3) is 0. The van der Waals surface area contributed by atoms with Crippen LogP contribution in [0.5, 0.6) is 0 Å². The molecule has 0 aromatic heterocycles. The van der Waals surface area contributed by atoms with E-state index in [1.165, 1.54) is 0 Å². The molecule has 10 N–H and O–H groups in total. The Hall–Kier alpha value is -0.320. The van der Waals surface area contributed by atoms with E-state index in [1.54, 1.807) is 0 Å². The molecule has 0 unspecified atom stereocenters. The normalized spacial score (nSPS) is 12.5. The standard InChI is InChI=1S/CH5N3.H5O10P3/c2-1(3)4;1-11(2,3)9-13(7,8)10-12(4,5)6/h(H5,2,3,4);(H,7,8)(H2,1,2,3)(H2,4,5,6). The number of hydrogen-bond donors (Lipinski definition) is 8. The predicted molar refractivity (Wildman–Crippen MR) is 52.2 cm³/mol. The molecule has 16 heteroatoms. The molecule has 0 aliphatic heterocycles. The fourth-order valence-corrected chi connectivity index (χ4v) is 2.82. The van der Waals surface area contributed by atoms with E-state index in [0.717, 1.165) is 0 Å². The Labute approximate surface area is 94.0 Å². The summed E-state index contributed by atoms with van der Waals surface area (Å²) in [5.41, 5.74) is 8.94. The summed E-state index contributed by atoms with van der Waals surface area (Å²) < 4.78 is 36.4. The molecule has 0 rings (SSSR count).